The number of hydrogen-bond donors (Lipinski definition) is 8. The standard InChI is InChI=1S/C17H33N7O5S2/c1-9(18)13(25)22-11(5-7-31-2)15(27)23-10(4-3-6-21-17(19)20)14(26)24-12(8-30)16(28)29/h9-12,30H,3-8,18H2,1-2H3,(H,22,25)(H,23,27)(H,24,26)(H,28,29)(H4,19,20,21). The minimum absolute atomic E-state index is 0.109. The molecule has 0 aromatic carbocycles. The van der Waals surface area contributed by atoms with Gasteiger partial charge in [-0.15, -0.1) is 0 Å². The van der Waals surface area contributed by atoms with E-state index in [1.165, 1.54) is 18.7 Å². The van der Waals surface area contributed by atoms with E-state index < -0.39 is 47.9 Å². The van der Waals surface area contributed by atoms with E-state index in [2.05, 4.69) is 33.6 Å². The first-order valence-corrected chi connectivity index (χ1v) is 11.6. The van der Waals surface area contributed by atoms with Gasteiger partial charge in [0, 0.05) is 12.3 Å². The fraction of sp³-hybridized carbons (Fsp3) is 0.706. The number of aliphatic carboxylic acids is 1. The molecule has 0 aliphatic heterocycles. The molecular weight excluding hydrogens is 446 g/mol. The molecule has 0 saturated carbocycles. The van der Waals surface area contributed by atoms with E-state index in [1.54, 1.807) is 0 Å². The summed E-state index contributed by atoms with van der Waals surface area (Å²) in [4.78, 5) is 52.4. The van der Waals surface area contributed by atoms with Gasteiger partial charge in [-0.25, -0.2) is 4.79 Å². The third kappa shape index (κ3) is 12.3. The molecule has 4 atom stereocenters. The molecule has 31 heavy (non-hydrogen) atoms. The van der Waals surface area contributed by atoms with E-state index in [0.717, 1.165) is 0 Å². The minimum Gasteiger partial charge on any atom is -0.480 e. The number of carboxylic acid groups (broad SMARTS) is 1. The summed E-state index contributed by atoms with van der Waals surface area (Å²) in [5, 5.41) is 16.6. The zero-order valence-corrected chi connectivity index (χ0v) is 19.4. The van der Waals surface area contributed by atoms with Crippen molar-refractivity contribution in [2.45, 2.75) is 50.4 Å². The van der Waals surface area contributed by atoms with Crippen LogP contribution in [0.3, 0.4) is 0 Å². The molecule has 4 unspecified atom stereocenters. The number of nitrogens with one attached hydrogen (secondary N) is 3. The Bertz CT molecular complexity index is 644. The van der Waals surface area contributed by atoms with Gasteiger partial charge in [0.05, 0.1) is 6.04 Å². The molecule has 0 heterocycles. The van der Waals surface area contributed by atoms with Crippen LogP contribution in [0, 0.1) is 0 Å². The summed E-state index contributed by atoms with van der Waals surface area (Å²) < 4.78 is 0. The number of guanidine groups is 1. The van der Waals surface area contributed by atoms with Gasteiger partial charge in [0.2, 0.25) is 17.7 Å². The highest BCUT2D eigenvalue weighted by Crippen LogP contribution is 2.05. The zero-order chi connectivity index (χ0) is 24.0. The molecule has 0 spiro atoms. The number of aliphatic imine (C=N–C) groups is 1. The highest BCUT2D eigenvalue weighted by atomic mass is 32.2. The number of carboxylic acids is 1. The monoisotopic (exact) mass is 479 g/mol. The van der Waals surface area contributed by atoms with Gasteiger partial charge in [0.25, 0.3) is 0 Å². The number of thioether (sulfide) groups is 1. The number of thiol groups is 1. The number of amides is 3. The van der Waals surface area contributed by atoms with Crippen molar-refractivity contribution in [2.75, 3.05) is 24.3 Å². The first-order valence-electron chi connectivity index (χ1n) is 9.58. The molecule has 14 heteroatoms. The normalized spacial score (nSPS) is 14.5. The summed E-state index contributed by atoms with van der Waals surface area (Å²) in [7, 11) is 0. The third-order valence-corrected chi connectivity index (χ3v) is 5.04. The summed E-state index contributed by atoms with van der Waals surface area (Å²) >= 11 is 5.40. The van der Waals surface area contributed by atoms with Crippen LogP contribution in [-0.4, -0.2) is 83.2 Å². The maximum absolute atomic E-state index is 12.8. The average Bonchev–Trinajstić information content (AvgIpc) is 2.70. The Morgan fingerprint density at radius 2 is 1.52 bits per heavy atom. The Balaban J connectivity index is 5.37. The highest BCUT2D eigenvalue weighted by Gasteiger charge is 2.29. The maximum Gasteiger partial charge on any atom is 0.327 e. The fourth-order valence-electron chi connectivity index (χ4n) is 2.31. The van der Waals surface area contributed by atoms with Gasteiger partial charge < -0.3 is 38.3 Å². The number of nitrogens with two attached hydrogens (primary N) is 3. The van der Waals surface area contributed by atoms with Crippen LogP contribution >= 0.6 is 24.4 Å². The number of carbonyl (C=O) groups excluding carboxylic acids is 3. The van der Waals surface area contributed by atoms with Crippen LogP contribution < -0.4 is 33.2 Å². The number of carbonyl (C=O) groups is 4. The molecule has 0 rings (SSSR count). The Kier molecular flexibility index (Phi) is 14.5. The van der Waals surface area contributed by atoms with Crippen molar-refractivity contribution >= 4 is 54.0 Å². The molecule has 3 amide bonds. The molecular formula is C17H33N7O5S2. The Morgan fingerprint density at radius 3 is 1.97 bits per heavy atom. The van der Waals surface area contributed by atoms with Crippen molar-refractivity contribution in [1.82, 2.24) is 16.0 Å². The molecule has 12 nitrogen and oxygen atoms in total. The maximum atomic E-state index is 12.8. The SMILES string of the molecule is CSCCC(NC(=O)C(C)N)C(=O)NC(CCCN=C(N)N)C(=O)NC(CS)C(=O)O. The first kappa shape index (κ1) is 28.8. The van der Waals surface area contributed by atoms with E-state index in [-0.39, 0.29) is 24.7 Å². The van der Waals surface area contributed by atoms with Crippen molar-refractivity contribution in [3.63, 3.8) is 0 Å². The second kappa shape index (κ2) is 15.6. The Morgan fingerprint density at radius 1 is 1.00 bits per heavy atom. The van der Waals surface area contributed by atoms with Crippen LogP contribution in [0.15, 0.2) is 4.99 Å². The average molecular weight is 480 g/mol. The van der Waals surface area contributed by atoms with E-state index in [1.807, 2.05) is 6.26 Å². The fourth-order valence-corrected chi connectivity index (χ4v) is 3.03. The van der Waals surface area contributed by atoms with Crippen molar-refractivity contribution in [2.24, 2.45) is 22.2 Å². The molecule has 0 fully saturated rings. The second-order valence-electron chi connectivity index (χ2n) is 6.72. The molecule has 178 valence electrons. The topological polar surface area (TPSA) is 215 Å². The third-order valence-electron chi connectivity index (χ3n) is 4.03. The summed E-state index contributed by atoms with van der Waals surface area (Å²) in [5.41, 5.74) is 16.1. The summed E-state index contributed by atoms with van der Waals surface area (Å²) in [6.45, 7) is 1.70. The number of nitrogens with zero attached hydrogens (tertiary/aromatic N) is 1. The molecule has 0 aromatic rings. The van der Waals surface area contributed by atoms with E-state index in [4.69, 9.17) is 22.3 Å². The lowest BCUT2D eigenvalue weighted by atomic mass is 10.1. The minimum atomic E-state index is -1.25. The molecule has 0 saturated heterocycles. The number of hydrogen-bond acceptors (Lipinski definition) is 8. The lowest BCUT2D eigenvalue weighted by Gasteiger charge is -2.24. The van der Waals surface area contributed by atoms with Gasteiger partial charge in [-0.1, -0.05) is 0 Å². The molecule has 0 aromatic heterocycles. The van der Waals surface area contributed by atoms with E-state index in [0.29, 0.717) is 18.6 Å². The molecule has 10 N–H and O–H groups in total. The van der Waals surface area contributed by atoms with Crippen molar-refractivity contribution in [1.29, 1.82) is 0 Å². The van der Waals surface area contributed by atoms with Crippen molar-refractivity contribution in [3.8, 4) is 0 Å². The summed E-state index contributed by atoms with van der Waals surface area (Å²) in [5.74, 6) is -2.69. The Labute approximate surface area is 191 Å². The number of rotatable bonds is 15. The van der Waals surface area contributed by atoms with Gasteiger partial charge >= 0.3 is 5.97 Å². The van der Waals surface area contributed by atoms with Crippen LogP contribution in [0.1, 0.15) is 26.2 Å². The molecule has 0 aliphatic carbocycles. The predicted octanol–water partition coefficient (Wildman–Crippen LogP) is -2.39. The lowest BCUT2D eigenvalue weighted by molar-refractivity contribution is -0.141. The van der Waals surface area contributed by atoms with Crippen LogP contribution in [0.4, 0.5) is 0 Å². The second-order valence-corrected chi connectivity index (χ2v) is 8.07. The van der Waals surface area contributed by atoms with Gasteiger partial charge in [0.15, 0.2) is 5.96 Å². The van der Waals surface area contributed by atoms with Crippen LogP contribution in [0.25, 0.3) is 0 Å². The molecule has 0 bridgehead atoms. The van der Waals surface area contributed by atoms with Crippen molar-refractivity contribution < 1.29 is 24.3 Å². The van der Waals surface area contributed by atoms with Gasteiger partial charge in [-0.2, -0.15) is 24.4 Å². The smallest absolute Gasteiger partial charge is 0.327 e. The zero-order valence-electron chi connectivity index (χ0n) is 17.7. The largest absolute Gasteiger partial charge is 0.480 e. The van der Waals surface area contributed by atoms with Gasteiger partial charge in [0.1, 0.15) is 18.1 Å². The highest BCUT2D eigenvalue weighted by molar-refractivity contribution is 7.98. The molecule has 0 radical (unpaired) electrons. The van der Waals surface area contributed by atoms with Crippen LogP contribution in [0.5, 0.6) is 0 Å². The quantitative estimate of drug-likeness (QED) is 0.0543. The first-order chi connectivity index (χ1) is 14.5. The van der Waals surface area contributed by atoms with Gasteiger partial charge in [-0.05, 0) is 38.2 Å². The molecule has 0 aliphatic rings. The summed E-state index contributed by atoms with van der Waals surface area (Å²) in [6, 6.07) is -4.00. The predicted molar refractivity (Wildman–Crippen MR) is 124 cm³/mol. The Hall–Kier alpha value is -2.19. The van der Waals surface area contributed by atoms with Crippen LogP contribution in [0.2, 0.25) is 0 Å². The van der Waals surface area contributed by atoms with Crippen molar-refractivity contribution in [3.05, 3.63) is 0 Å². The van der Waals surface area contributed by atoms with E-state index >= 15 is 0 Å². The van der Waals surface area contributed by atoms with Crippen LogP contribution in [-0.2, 0) is 19.2 Å². The van der Waals surface area contributed by atoms with Gasteiger partial charge in [-0.3, -0.25) is 19.4 Å². The summed E-state index contributed by atoms with van der Waals surface area (Å²) in [6.07, 6.45) is 2.66. The van der Waals surface area contributed by atoms with E-state index in [9.17, 15) is 19.2 Å². The lowest BCUT2D eigenvalue weighted by Crippen LogP contribution is -2.57.